The summed E-state index contributed by atoms with van der Waals surface area (Å²) < 4.78 is 12.4. The van der Waals surface area contributed by atoms with Crippen LogP contribution in [0.25, 0.3) is 0 Å². The smallest absolute Gasteiger partial charge is 0.321 e. The lowest BCUT2D eigenvalue weighted by molar-refractivity contribution is -0.143. The van der Waals surface area contributed by atoms with Gasteiger partial charge in [0, 0.05) is 25.5 Å². The maximum Gasteiger partial charge on any atom is 0.321 e. The van der Waals surface area contributed by atoms with E-state index in [1.165, 1.54) is 6.92 Å². The van der Waals surface area contributed by atoms with Crippen LogP contribution in [0.3, 0.4) is 0 Å². The van der Waals surface area contributed by atoms with Crippen LogP contribution in [0, 0.1) is 0 Å². The number of thiol groups is 1. The van der Waals surface area contributed by atoms with E-state index in [-0.39, 0.29) is 18.5 Å². The van der Waals surface area contributed by atoms with E-state index < -0.39 is 5.25 Å². The Morgan fingerprint density at radius 1 is 1.39 bits per heavy atom. The van der Waals surface area contributed by atoms with Crippen molar-refractivity contribution in [2.24, 2.45) is 0 Å². The third-order valence-corrected chi connectivity index (χ3v) is 4.49. The summed E-state index contributed by atoms with van der Waals surface area (Å²) in [5.74, 6) is 1.66. The van der Waals surface area contributed by atoms with Gasteiger partial charge >= 0.3 is 5.97 Å². The molecule has 0 fully saturated rings. The van der Waals surface area contributed by atoms with Gasteiger partial charge in [0.15, 0.2) is 0 Å². The Kier molecular flexibility index (Phi) is 12.0. The summed E-state index contributed by atoms with van der Waals surface area (Å²) in [5, 5.41) is -0.407. The SMILES string of the molecule is COCCOC(=O)C(CSCCS)SNC(C)=O. The van der Waals surface area contributed by atoms with E-state index in [2.05, 4.69) is 17.4 Å². The first-order chi connectivity index (χ1) is 8.61. The van der Waals surface area contributed by atoms with Crippen molar-refractivity contribution < 1.29 is 19.1 Å². The van der Waals surface area contributed by atoms with Gasteiger partial charge < -0.3 is 9.47 Å². The van der Waals surface area contributed by atoms with Crippen LogP contribution in [0.2, 0.25) is 0 Å². The minimum Gasteiger partial charge on any atom is -0.462 e. The summed E-state index contributed by atoms with van der Waals surface area (Å²) in [7, 11) is 1.54. The van der Waals surface area contributed by atoms with Gasteiger partial charge in [-0.25, -0.2) is 0 Å². The molecule has 1 amide bonds. The van der Waals surface area contributed by atoms with Gasteiger partial charge in [0.1, 0.15) is 11.9 Å². The predicted molar refractivity (Wildman–Crippen MR) is 79.2 cm³/mol. The van der Waals surface area contributed by atoms with Gasteiger partial charge in [0.25, 0.3) is 0 Å². The molecule has 0 aliphatic carbocycles. The standard InChI is InChI=1S/C10H19NO4S3/c1-8(12)11-18-9(7-17-6-5-16)10(13)15-4-3-14-2/h9,16H,3-7H2,1-2H3,(H,11,12). The number of thioether (sulfide) groups is 1. The van der Waals surface area contributed by atoms with E-state index in [0.717, 1.165) is 23.5 Å². The number of amides is 1. The molecule has 0 saturated carbocycles. The predicted octanol–water partition coefficient (Wildman–Crippen LogP) is 0.992. The van der Waals surface area contributed by atoms with Crippen LogP contribution < -0.4 is 4.72 Å². The molecule has 8 heteroatoms. The third kappa shape index (κ3) is 9.93. The van der Waals surface area contributed by atoms with Crippen molar-refractivity contribution >= 4 is 48.2 Å². The van der Waals surface area contributed by atoms with Crippen molar-refractivity contribution in [1.82, 2.24) is 4.72 Å². The fourth-order valence-electron chi connectivity index (χ4n) is 0.878. The Hall–Kier alpha value is -0.0500. The minimum atomic E-state index is -0.407. The summed E-state index contributed by atoms with van der Waals surface area (Å²) in [6.07, 6.45) is 0. The molecule has 0 bridgehead atoms. The van der Waals surface area contributed by atoms with Gasteiger partial charge in [-0.3, -0.25) is 14.3 Å². The van der Waals surface area contributed by atoms with Crippen molar-refractivity contribution in [3.8, 4) is 0 Å². The number of ether oxygens (including phenoxy) is 2. The molecule has 0 spiro atoms. The van der Waals surface area contributed by atoms with E-state index in [0.29, 0.717) is 12.4 Å². The summed E-state index contributed by atoms with van der Waals surface area (Å²) >= 11 is 6.78. The molecule has 106 valence electrons. The Bertz CT molecular complexity index is 253. The second kappa shape index (κ2) is 12.0. The van der Waals surface area contributed by atoms with Crippen molar-refractivity contribution in [1.29, 1.82) is 0 Å². The molecule has 0 heterocycles. The summed E-state index contributed by atoms with van der Waals surface area (Å²) in [6, 6.07) is 0. The van der Waals surface area contributed by atoms with Crippen molar-refractivity contribution in [2.75, 3.05) is 37.6 Å². The molecule has 0 aromatic rings. The largest absolute Gasteiger partial charge is 0.462 e. The van der Waals surface area contributed by atoms with Crippen molar-refractivity contribution in [3.63, 3.8) is 0 Å². The van der Waals surface area contributed by atoms with Gasteiger partial charge in [0.05, 0.1) is 6.61 Å². The monoisotopic (exact) mass is 313 g/mol. The van der Waals surface area contributed by atoms with Crippen LogP contribution in [0.4, 0.5) is 0 Å². The second-order valence-electron chi connectivity index (χ2n) is 3.22. The zero-order chi connectivity index (χ0) is 13.8. The summed E-state index contributed by atoms with van der Waals surface area (Å²) in [5.41, 5.74) is 0. The average molecular weight is 313 g/mol. The van der Waals surface area contributed by atoms with E-state index in [1.54, 1.807) is 18.9 Å². The van der Waals surface area contributed by atoms with Gasteiger partial charge in [-0.2, -0.15) is 24.4 Å². The van der Waals surface area contributed by atoms with Crippen LogP contribution in [0.15, 0.2) is 0 Å². The first kappa shape index (κ1) is 17.9. The lowest BCUT2D eigenvalue weighted by Gasteiger charge is -2.14. The molecule has 5 nitrogen and oxygen atoms in total. The fraction of sp³-hybridized carbons (Fsp3) is 0.800. The Morgan fingerprint density at radius 2 is 2.11 bits per heavy atom. The number of hydrogen-bond donors (Lipinski definition) is 2. The van der Waals surface area contributed by atoms with Crippen LogP contribution >= 0.6 is 36.3 Å². The molecular formula is C10H19NO4S3. The van der Waals surface area contributed by atoms with Crippen molar-refractivity contribution in [2.45, 2.75) is 12.2 Å². The van der Waals surface area contributed by atoms with Gasteiger partial charge in [0.2, 0.25) is 5.91 Å². The van der Waals surface area contributed by atoms with Crippen molar-refractivity contribution in [3.05, 3.63) is 0 Å². The fourth-order valence-corrected chi connectivity index (χ4v) is 2.94. The van der Waals surface area contributed by atoms with E-state index in [9.17, 15) is 9.59 Å². The lowest BCUT2D eigenvalue weighted by atomic mass is 10.5. The number of carbonyl (C=O) groups excluding carboxylic acids is 2. The normalized spacial score (nSPS) is 11.9. The summed E-state index contributed by atoms with van der Waals surface area (Å²) in [6.45, 7) is 2.00. The number of hydrogen-bond acceptors (Lipinski definition) is 7. The first-order valence-electron chi connectivity index (χ1n) is 5.38. The molecule has 1 unspecified atom stereocenters. The maximum atomic E-state index is 11.7. The Balaban J connectivity index is 4.07. The third-order valence-electron chi connectivity index (χ3n) is 1.64. The number of rotatable bonds is 10. The Labute approximate surface area is 122 Å². The molecule has 0 aromatic heterocycles. The van der Waals surface area contributed by atoms with Gasteiger partial charge in [-0.15, -0.1) is 0 Å². The Morgan fingerprint density at radius 3 is 2.67 bits per heavy atom. The number of esters is 1. The highest BCUT2D eigenvalue weighted by Gasteiger charge is 2.21. The quantitative estimate of drug-likeness (QED) is 0.271. The minimum absolute atomic E-state index is 0.186. The zero-order valence-electron chi connectivity index (χ0n) is 10.5. The second-order valence-corrected chi connectivity index (χ2v) is 5.83. The topological polar surface area (TPSA) is 64.6 Å². The molecule has 0 aliphatic rings. The van der Waals surface area contributed by atoms with Gasteiger partial charge in [-0.05, 0) is 17.7 Å². The maximum absolute atomic E-state index is 11.7. The molecule has 0 rings (SSSR count). The first-order valence-corrected chi connectivity index (χ1v) is 8.05. The average Bonchev–Trinajstić information content (AvgIpc) is 2.33. The zero-order valence-corrected chi connectivity index (χ0v) is 13.0. The van der Waals surface area contributed by atoms with E-state index in [1.807, 2.05) is 0 Å². The molecule has 0 aliphatic heterocycles. The molecule has 0 aromatic carbocycles. The summed E-state index contributed by atoms with van der Waals surface area (Å²) in [4.78, 5) is 22.6. The van der Waals surface area contributed by atoms with Crippen LogP contribution in [-0.2, 0) is 19.1 Å². The molecule has 0 saturated heterocycles. The van der Waals surface area contributed by atoms with Gasteiger partial charge in [-0.1, -0.05) is 0 Å². The molecule has 1 N–H and O–H groups in total. The van der Waals surface area contributed by atoms with E-state index >= 15 is 0 Å². The number of nitrogens with one attached hydrogen (secondary N) is 1. The highest BCUT2D eigenvalue weighted by molar-refractivity contribution is 8.03. The molecule has 0 radical (unpaired) electrons. The number of carbonyl (C=O) groups is 2. The number of methoxy groups -OCH3 is 1. The van der Waals surface area contributed by atoms with Crippen LogP contribution in [0.5, 0.6) is 0 Å². The molecular weight excluding hydrogens is 294 g/mol. The highest BCUT2D eigenvalue weighted by atomic mass is 32.2. The highest BCUT2D eigenvalue weighted by Crippen LogP contribution is 2.16. The molecule has 1 atom stereocenters. The lowest BCUT2D eigenvalue weighted by Crippen LogP contribution is -2.28. The van der Waals surface area contributed by atoms with Crippen LogP contribution in [-0.4, -0.2) is 54.7 Å². The van der Waals surface area contributed by atoms with Crippen LogP contribution in [0.1, 0.15) is 6.92 Å². The molecule has 18 heavy (non-hydrogen) atoms. The van der Waals surface area contributed by atoms with E-state index in [4.69, 9.17) is 9.47 Å².